The molecule has 2 rings (SSSR count). The topological polar surface area (TPSA) is 63.2 Å². The maximum atomic E-state index is 11.9. The van der Waals surface area contributed by atoms with Crippen molar-refractivity contribution in [1.82, 2.24) is 0 Å². The average Bonchev–Trinajstić information content (AvgIpc) is 2.62. The van der Waals surface area contributed by atoms with Gasteiger partial charge in [0.1, 0.15) is 0 Å². The lowest BCUT2D eigenvalue weighted by Gasteiger charge is -2.10. The molecule has 1 fully saturated rings. The SMILES string of the molecule is O=C(Nc1ccccc1Br)[C@@H]1CCS(=O)(=O)C1. The lowest BCUT2D eigenvalue weighted by molar-refractivity contribution is -0.119. The fourth-order valence-corrected chi connectivity index (χ4v) is 3.92. The number of benzene rings is 1. The van der Waals surface area contributed by atoms with Gasteiger partial charge in [-0.1, -0.05) is 12.1 Å². The van der Waals surface area contributed by atoms with E-state index in [1.165, 1.54) is 0 Å². The van der Waals surface area contributed by atoms with E-state index in [2.05, 4.69) is 21.2 Å². The summed E-state index contributed by atoms with van der Waals surface area (Å²) in [6.45, 7) is 0. The summed E-state index contributed by atoms with van der Waals surface area (Å²) in [6, 6.07) is 7.25. The van der Waals surface area contributed by atoms with E-state index < -0.39 is 15.8 Å². The van der Waals surface area contributed by atoms with Crippen LogP contribution in [-0.4, -0.2) is 25.8 Å². The Labute approximate surface area is 108 Å². The molecular weight excluding hydrogens is 306 g/mol. The van der Waals surface area contributed by atoms with Crippen LogP contribution in [0.1, 0.15) is 6.42 Å². The third-order valence-electron chi connectivity index (χ3n) is 2.73. The van der Waals surface area contributed by atoms with Crippen LogP contribution in [0.5, 0.6) is 0 Å². The van der Waals surface area contributed by atoms with Crippen molar-refractivity contribution in [3.63, 3.8) is 0 Å². The second-order valence-electron chi connectivity index (χ2n) is 4.07. The predicted octanol–water partition coefficient (Wildman–Crippen LogP) is 1.82. The molecule has 92 valence electrons. The Kier molecular flexibility index (Phi) is 3.53. The fourth-order valence-electron chi connectivity index (χ4n) is 1.80. The molecule has 1 N–H and O–H groups in total. The van der Waals surface area contributed by atoms with Crippen LogP contribution in [0.4, 0.5) is 5.69 Å². The van der Waals surface area contributed by atoms with E-state index in [4.69, 9.17) is 0 Å². The number of nitrogens with one attached hydrogen (secondary N) is 1. The third kappa shape index (κ3) is 3.07. The summed E-state index contributed by atoms with van der Waals surface area (Å²) in [4.78, 5) is 11.9. The molecule has 1 aromatic carbocycles. The van der Waals surface area contributed by atoms with Gasteiger partial charge in [0, 0.05) is 4.47 Å². The summed E-state index contributed by atoms with van der Waals surface area (Å²) in [5.41, 5.74) is 0.668. The molecule has 0 bridgehead atoms. The number of anilines is 1. The van der Waals surface area contributed by atoms with E-state index in [1.807, 2.05) is 18.2 Å². The molecule has 1 aliphatic heterocycles. The zero-order chi connectivity index (χ0) is 12.5. The van der Waals surface area contributed by atoms with Crippen molar-refractivity contribution in [3.05, 3.63) is 28.7 Å². The largest absolute Gasteiger partial charge is 0.325 e. The van der Waals surface area contributed by atoms with Crippen molar-refractivity contribution in [3.8, 4) is 0 Å². The first-order valence-electron chi connectivity index (χ1n) is 5.24. The van der Waals surface area contributed by atoms with Gasteiger partial charge in [0.15, 0.2) is 9.84 Å². The highest BCUT2D eigenvalue weighted by Crippen LogP contribution is 2.24. The third-order valence-corrected chi connectivity index (χ3v) is 5.19. The van der Waals surface area contributed by atoms with E-state index in [1.54, 1.807) is 6.07 Å². The smallest absolute Gasteiger partial charge is 0.228 e. The maximum Gasteiger partial charge on any atom is 0.228 e. The first-order valence-corrected chi connectivity index (χ1v) is 7.85. The lowest BCUT2D eigenvalue weighted by Crippen LogP contribution is -2.23. The number of hydrogen-bond donors (Lipinski definition) is 1. The van der Waals surface area contributed by atoms with Gasteiger partial charge < -0.3 is 5.32 Å². The zero-order valence-electron chi connectivity index (χ0n) is 9.02. The Morgan fingerprint density at radius 1 is 1.35 bits per heavy atom. The fraction of sp³-hybridized carbons (Fsp3) is 0.364. The Morgan fingerprint density at radius 2 is 2.06 bits per heavy atom. The second-order valence-corrected chi connectivity index (χ2v) is 7.15. The van der Waals surface area contributed by atoms with Crippen LogP contribution in [0.15, 0.2) is 28.7 Å². The number of sulfone groups is 1. The highest BCUT2D eigenvalue weighted by Gasteiger charge is 2.33. The molecule has 0 spiro atoms. The number of rotatable bonds is 2. The number of amides is 1. The van der Waals surface area contributed by atoms with Crippen LogP contribution in [0.2, 0.25) is 0 Å². The molecule has 17 heavy (non-hydrogen) atoms. The number of para-hydroxylation sites is 1. The Hall–Kier alpha value is -0.880. The first kappa shape index (κ1) is 12.6. The van der Waals surface area contributed by atoms with Crippen LogP contribution >= 0.6 is 15.9 Å². The van der Waals surface area contributed by atoms with Gasteiger partial charge in [0.2, 0.25) is 5.91 Å². The Morgan fingerprint density at radius 3 is 2.65 bits per heavy atom. The van der Waals surface area contributed by atoms with Crippen molar-refractivity contribution in [2.75, 3.05) is 16.8 Å². The molecule has 4 nitrogen and oxygen atoms in total. The molecule has 6 heteroatoms. The molecule has 1 heterocycles. The summed E-state index contributed by atoms with van der Waals surface area (Å²) >= 11 is 3.32. The molecule has 1 aromatic rings. The van der Waals surface area contributed by atoms with E-state index in [0.717, 1.165) is 4.47 Å². The second kappa shape index (κ2) is 4.78. The number of carbonyl (C=O) groups excluding carboxylic acids is 1. The van der Waals surface area contributed by atoms with Gasteiger partial charge in [-0.3, -0.25) is 4.79 Å². The van der Waals surface area contributed by atoms with Crippen molar-refractivity contribution in [2.45, 2.75) is 6.42 Å². The van der Waals surface area contributed by atoms with Gasteiger partial charge in [-0.05, 0) is 34.5 Å². The summed E-state index contributed by atoms with van der Waals surface area (Å²) in [7, 11) is -3.02. The van der Waals surface area contributed by atoms with E-state index in [0.29, 0.717) is 12.1 Å². The van der Waals surface area contributed by atoms with Crippen LogP contribution in [0.3, 0.4) is 0 Å². The minimum absolute atomic E-state index is 0.0384. The van der Waals surface area contributed by atoms with Gasteiger partial charge in [-0.25, -0.2) is 8.42 Å². The van der Waals surface area contributed by atoms with E-state index in [-0.39, 0.29) is 17.4 Å². The molecule has 1 saturated heterocycles. The molecule has 0 aliphatic carbocycles. The van der Waals surface area contributed by atoms with E-state index >= 15 is 0 Å². The minimum atomic E-state index is -3.02. The number of halogens is 1. The molecule has 1 atom stereocenters. The molecule has 0 saturated carbocycles. The van der Waals surface area contributed by atoms with Crippen molar-refractivity contribution in [1.29, 1.82) is 0 Å². The van der Waals surface area contributed by atoms with E-state index in [9.17, 15) is 13.2 Å². The Bertz CT molecular complexity index is 541. The summed E-state index contributed by atoms with van der Waals surface area (Å²) in [6.07, 6.45) is 0.415. The molecular formula is C11H12BrNO3S. The van der Waals surface area contributed by atoms with Gasteiger partial charge in [0.05, 0.1) is 23.1 Å². The average molecular weight is 318 g/mol. The van der Waals surface area contributed by atoms with Gasteiger partial charge in [0.25, 0.3) is 0 Å². The van der Waals surface area contributed by atoms with Crippen molar-refractivity contribution in [2.24, 2.45) is 5.92 Å². The summed E-state index contributed by atoms with van der Waals surface area (Å²) in [5.74, 6) is -0.574. The molecule has 1 amide bonds. The first-order chi connectivity index (χ1) is 7.98. The monoisotopic (exact) mass is 317 g/mol. The van der Waals surface area contributed by atoms with Gasteiger partial charge in [-0.15, -0.1) is 0 Å². The normalized spacial score (nSPS) is 22.3. The van der Waals surface area contributed by atoms with Crippen molar-refractivity contribution < 1.29 is 13.2 Å². The van der Waals surface area contributed by atoms with Crippen LogP contribution in [0.25, 0.3) is 0 Å². The maximum absolute atomic E-state index is 11.9. The van der Waals surface area contributed by atoms with Gasteiger partial charge in [-0.2, -0.15) is 0 Å². The highest BCUT2D eigenvalue weighted by atomic mass is 79.9. The molecule has 0 aromatic heterocycles. The zero-order valence-corrected chi connectivity index (χ0v) is 11.4. The van der Waals surface area contributed by atoms with Gasteiger partial charge >= 0.3 is 0 Å². The Balaban J connectivity index is 2.06. The standard InChI is InChI=1S/C11H12BrNO3S/c12-9-3-1-2-4-10(9)13-11(14)8-5-6-17(15,16)7-8/h1-4,8H,5-7H2,(H,13,14)/t8-/m1/s1. The lowest BCUT2D eigenvalue weighted by atomic mass is 10.1. The number of hydrogen-bond acceptors (Lipinski definition) is 3. The predicted molar refractivity (Wildman–Crippen MR) is 69.5 cm³/mol. The quantitative estimate of drug-likeness (QED) is 0.905. The summed E-state index contributed by atoms with van der Waals surface area (Å²) in [5, 5.41) is 2.74. The molecule has 0 radical (unpaired) electrons. The van der Waals surface area contributed by atoms with Crippen LogP contribution < -0.4 is 5.32 Å². The van der Waals surface area contributed by atoms with Crippen LogP contribution in [0, 0.1) is 5.92 Å². The van der Waals surface area contributed by atoms with Crippen LogP contribution in [-0.2, 0) is 14.6 Å². The van der Waals surface area contributed by atoms with Crippen molar-refractivity contribution >= 4 is 37.4 Å². The minimum Gasteiger partial charge on any atom is -0.325 e. The molecule has 1 aliphatic rings. The highest BCUT2D eigenvalue weighted by molar-refractivity contribution is 9.10. The number of carbonyl (C=O) groups is 1. The molecule has 0 unspecified atom stereocenters. The summed E-state index contributed by atoms with van der Waals surface area (Å²) < 4.78 is 23.3.